The first-order chi connectivity index (χ1) is 16.0. The van der Waals surface area contributed by atoms with Crippen molar-refractivity contribution in [2.24, 2.45) is 5.92 Å². The van der Waals surface area contributed by atoms with E-state index in [0.29, 0.717) is 11.5 Å². The molecular weight excluding hydrogens is 436 g/mol. The van der Waals surface area contributed by atoms with Crippen LogP contribution in [-0.4, -0.2) is 43.3 Å². The lowest BCUT2D eigenvalue weighted by Gasteiger charge is -2.42. The lowest BCUT2D eigenvalue weighted by Crippen LogP contribution is -2.53. The molecule has 1 aliphatic rings. The molecule has 0 saturated heterocycles. The molecule has 34 heavy (non-hydrogen) atoms. The van der Waals surface area contributed by atoms with Gasteiger partial charge in [0, 0.05) is 44.4 Å². The van der Waals surface area contributed by atoms with Gasteiger partial charge in [0.25, 0.3) is 0 Å². The number of carbonyl (C=O) groups is 1. The Bertz CT molecular complexity index is 993. The zero-order valence-corrected chi connectivity index (χ0v) is 20.8. The molecule has 2 aromatic carbocycles. The number of benzene rings is 2. The molecule has 3 unspecified atom stereocenters. The molecule has 7 heteroatoms. The van der Waals surface area contributed by atoms with Gasteiger partial charge in [-0.2, -0.15) is 0 Å². The Labute approximate surface area is 201 Å². The smallest absolute Gasteiger partial charge is 0.217 e. The summed E-state index contributed by atoms with van der Waals surface area (Å²) in [5.41, 5.74) is 3.65. The Kier molecular flexibility index (Phi) is 8.31. The molecule has 1 aliphatic heterocycles. The summed E-state index contributed by atoms with van der Waals surface area (Å²) >= 11 is 0. The predicted molar refractivity (Wildman–Crippen MR) is 132 cm³/mol. The lowest BCUT2D eigenvalue weighted by molar-refractivity contribution is -0.120. The minimum absolute atomic E-state index is 0.117. The van der Waals surface area contributed by atoms with Crippen molar-refractivity contribution in [3.8, 4) is 0 Å². The van der Waals surface area contributed by atoms with E-state index in [4.69, 9.17) is 0 Å². The highest BCUT2D eigenvalue weighted by atomic mass is 19.1. The number of nitrogens with one attached hydrogen (secondary N) is 2. The van der Waals surface area contributed by atoms with Crippen LogP contribution in [0, 0.1) is 17.6 Å². The van der Waals surface area contributed by atoms with Crippen LogP contribution in [-0.2, 0) is 23.2 Å². The summed E-state index contributed by atoms with van der Waals surface area (Å²) in [6, 6.07) is 9.17. The summed E-state index contributed by atoms with van der Waals surface area (Å²) < 4.78 is 27.3. The SMILES string of the molecule is CC(=O)NC(Cc1cc(F)cc(F)c1)C(O)CNC1(C)CCN(C)c2ccc(CC(C)C)cc21. The monoisotopic (exact) mass is 473 g/mol. The number of hydrogen-bond acceptors (Lipinski definition) is 4. The average Bonchev–Trinajstić information content (AvgIpc) is 2.73. The first kappa shape index (κ1) is 26.1. The van der Waals surface area contributed by atoms with Crippen molar-refractivity contribution in [3.05, 3.63) is 64.7 Å². The van der Waals surface area contributed by atoms with Crippen LogP contribution in [0.3, 0.4) is 0 Å². The molecular formula is C27H37F2N3O2. The highest BCUT2D eigenvalue weighted by molar-refractivity contribution is 5.73. The van der Waals surface area contributed by atoms with Crippen LogP contribution in [0.25, 0.3) is 0 Å². The molecule has 3 rings (SSSR count). The maximum atomic E-state index is 13.7. The fourth-order valence-corrected chi connectivity index (χ4v) is 4.79. The van der Waals surface area contributed by atoms with Crippen LogP contribution < -0.4 is 15.5 Å². The predicted octanol–water partition coefficient (Wildman–Crippen LogP) is 3.92. The Morgan fingerprint density at radius 3 is 2.41 bits per heavy atom. The second kappa shape index (κ2) is 10.8. The summed E-state index contributed by atoms with van der Waals surface area (Å²) in [6.45, 7) is 8.99. The molecule has 0 spiro atoms. The van der Waals surface area contributed by atoms with E-state index in [0.717, 1.165) is 31.1 Å². The standard InChI is InChI=1S/C27H37F2N3O2/c1-17(2)10-19-6-7-25-23(13-19)27(4,8-9-32(25)5)30-16-26(34)24(31-18(3)33)14-20-11-21(28)15-22(29)12-20/h6-7,11-13,15,17,24,26,30,34H,8-10,14,16H2,1-5H3,(H,31,33). The summed E-state index contributed by atoms with van der Waals surface area (Å²) in [5, 5.41) is 17.3. The molecule has 1 heterocycles. The van der Waals surface area contributed by atoms with Crippen LogP contribution in [0.1, 0.15) is 50.8 Å². The van der Waals surface area contributed by atoms with Crippen LogP contribution in [0.4, 0.5) is 14.5 Å². The van der Waals surface area contributed by atoms with E-state index in [9.17, 15) is 18.7 Å². The zero-order valence-electron chi connectivity index (χ0n) is 20.8. The van der Waals surface area contributed by atoms with Gasteiger partial charge in [0.05, 0.1) is 12.1 Å². The van der Waals surface area contributed by atoms with Crippen molar-refractivity contribution in [1.29, 1.82) is 0 Å². The average molecular weight is 474 g/mol. The number of amides is 1. The third-order valence-electron chi connectivity index (χ3n) is 6.59. The number of aliphatic hydroxyl groups excluding tert-OH is 1. The van der Waals surface area contributed by atoms with Crippen LogP contribution in [0.5, 0.6) is 0 Å². The Hall–Kier alpha value is -2.51. The molecule has 0 radical (unpaired) electrons. The third kappa shape index (κ3) is 6.54. The van der Waals surface area contributed by atoms with Crippen LogP contribution >= 0.6 is 0 Å². The normalized spacial score (nSPS) is 19.6. The van der Waals surface area contributed by atoms with Crippen molar-refractivity contribution < 1.29 is 18.7 Å². The van der Waals surface area contributed by atoms with E-state index < -0.39 is 23.8 Å². The highest BCUT2D eigenvalue weighted by Crippen LogP contribution is 2.38. The highest BCUT2D eigenvalue weighted by Gasteiger charge is 2.35. The number of fused-ring (bicyclic) bond motifs is 1. The summed E-state index contributed by atoms with van der Waals surface area (Å²) in [6.07, 6.45) is 1.01. The van der Waals surface area contributed by atoms with Crippen molar-refractivity contribution in [2.45, 2.75) is 64.6 Å². The fraction of sp³-hybridized carbons (Fsp3) is 0.519. The number of nitrogens with zero attached hydrogens (tertiary/aromatic N) is 1. The first-order valence-corrected chi connectivity index (χ1v) is 12.0. The fourth-order valence-electron chi connectivity index (χ4n) is 4.79. The molecule has 0 aliphatic carbocycles. The molecule has 3 N–H and O–H groups in total. The third-order valence-corrected chi connectivity index (χ3v) is 6.59. The Morgan fingerprint density at radius 2 is 1.79 bits per heavy atom. The zero-order chi connectivity index (χ0) is 25.0. The van der Waals surface area contributed by atoms with Gasteiger partial charge in [0.2, 0.25) is 5.91 Å². The first-order valence-electron chi connectivity index (χ1n) is 12.0. The van der Waals surface area contributed by atoms with Gasteiger partial charge >= 0.3 is 0 Å². The van der Waals surface area contributed by atoms with E-state index >= 15 is 0 Å². The van der Waals surface area contributed by atoms with E-state index in [1.165, 1.54) is 30.2 Å². The molecule has 0 bridgehead atoms. The number of anilines is 1. The molecule has 186 valence electrons. The molecule has 0 aromatic heterocycles. The van der Waals surface area contributed by atoms with E-state index in [1.54, 1.807) is 0 Å². The molecule has 0 fully saturated rings. The van der Waals surface area contributed by atoms with Gasteiger partial charge in [0.1, 0.15) is 11.6 Å². The van der Waals surface area contributed by atoms with Crippen molar-refractivity contribution in [3.63, 3.8) is 0 Å². The molecule has 0 saturated carbocycles. The minimum Gasteiger partial charge on any atom is -0.390 e. The maximum Gasteiger partial charge on any atom is 0.217 e. The van der Waals surface area contributed by atoms with Crippen molar-refractivity contribution in [2.75, 3.05) is 25.0 Å². The van der Waals surface area contributed by atoms with Gasteiger partial charge in [0.15, 0.2) is 0 Å². The van der Waals surface area contributed by atoms with Gasteiger partial charge in [-0.3, -0.25) is 4.79 Å². The number of carbonyl (C=O) groups excluding carboxylic acids is 1. The molecule has 1 amide bonds. The quantitative estimate of drug-likeness (QED) is 0.517. The van der Waals surface area contributed by atoms with Crippen LogP contribution in [0.15, 0.2) is 36.4 Å². The number of rotatable bonds is 9. The number of hydrogen-bond donors (Lipinski definition) is 3. The maximum absolute atomic E-state index is 13.7. The Balaban J connectivity index is 1.78. The molecule has 2 aromatic rings. The minimum atomic E-state index is -0.950. The van der Waals surface area contributed by atoms with E-state index in [2.05, 4.69) is 61.6 Å². The van der Waals surface area contributed by atoms with Gasteiger partial charge in [-0.15, -0.1) is 0 Å². The van der Waals surface area contributed by atoms with Gasteiger partial charge in [-0.1, -0.05) is 26.0 Å². The van der Waals surface area contributed by atoms with Gasteiger partial charge < -0.3 is 20.6 Å². The van der Waals surface area contributed by atoms with Crippen LogP contribution in [0.2, 0.25) is 0 Å². The Morgan fingerprint density at radius 1 is 1.12 bits per heavy atom. The number of aliphatic hydroxyl groups is 1. The van der Waals surface area contributed by atoms with E-state index in [-0.39, 0.29) is 24.4 Å². The summed E-state index contributed by atoms with van der Waals surface area (Å²) in [4.78, 5) is 14.0. The van der Waals surface area contributed by atoms with Crippen molar-refractivity contribution in [1.82, 2.24) is 10.6 Å². The topological polar surface area (TPSA) is 64.6 Å². The summed E-state index contributed by atoms with van der Waals surface area (Å²) in [5.74, 6) is -1.13. The van der Waals surface area contributed by atoms with Gasteiger partial charge in [-0.25, -0.2) is 8.78 Å². The summed E-state index contributed by atoms with van der Waals surface area (Å²) in [7, 11) is 2.08. The second-order valence-corrected chi connectivity index (χ2v) is 10.2. The second-order valence-electron chi connectivity index (χ2n) is 10.2. The van der Waals surface area contributed by atoms with Gasteiger partial charge in [-0.05, 0) is 67.0 Å². The van der Waals surface area contributed by atoms with E-state index in [1.807, 2.05) is 0 Å². The van der Waals surface area contributed by atoms with Crippen molar-refractivity contribution >= 4 is 11.6 Å². The molecule has 3 atom stereocenters. The molecule has 5 nitrogen and oxygen atoms in total. The number of halogens is 2. The largest absolute Gasteiger partial charge is 0.390 e. The lowest BCUT2D eigenvalue weighted by atomic mass is 9.82.